The standard InChI is InChI=1S/C24H39N5O6/c1-4-14(2)20(24(34)35)29-21(31)15(3)27-23(33)19(7-5-6-12-25)28-22(32)18(26)13-16-8-10-17(30)11-9-16/h8-11,14-15,18-20,30H,4-7,12-13,25-26H2,1-3H3,(H,27,33)(H,28,32)(H,29,31)(H,34,35). The second-order valence-electron chi connectivity index (χ2n) is 8.76. The average molecular weight is 494 g/mol. The van der Waals surface area contributed by atoms with Crippen LogP contribution >= 0.6 is 0 Å². The topological polar surface area (TPSA) is 197 Å². The molecular weight excluding hydrogens is 454 g/mol. The van der Waals surface area contributed by atoms with E-state index in [1.807, 2.05) is 6.92 Å². The number of carbonyl (C=O) groups is 4. The normalized spacial score (nSPS) is 15.2. The number of rotatable bonds is 15. The highest BCUT2D eigenvalue weighted by Crippen LogP contribution is 2.12. The fourth-order valence-electron chi connectivity index (χ4n) is 3.36. The number of aliphatic carboxylic acids is 1. The molecule has 0 heterocycles. The summed E-state index contributed by atoms with van der Waals surface area (Å²) < 4.78 is 0. The van der Waals surface area contributed by atoms with Crippen LogP contribution in [0.25, 0.3) is 0 Å². The summed E-state index contributed by atoms with van der Waals surface area (Å²) in [5, 5.41) is 26.4. The van der Waals surface area contributed by atoms with Gasteiger partial charge in [0.15, 0.2) is 0 Å². The van der Waals surface area contributed by atoms with E-state index in [1.54, 1.807) is 19.1 Å². The van der Waals surface area contributed by atoms with E-state index in [4.69, 9.17) is 11.5 Å². The molecule has 9 N–H and O–H groups in total. The zero-order valence-corrected chi connectivity index (χ0v) is 20.6. The molecule has 11 heteroatoms. The van der Waals surface area contributed by atoms with Crippen LogP contribution in [-0.2, 0) is 25.6 Å². The van der Waals surface area contributed by atoms with Crippen molar-refractivity contribution in [3.05, 3.63) is 29.8 Å². The van der Waals surface area contributed by atoms with Gasteiger partial charge in [-0.05, 0) is 62.8 Å². The number of hydrogen-bond donors (Lipinski definition) is 7. The van der Waals surface area contributed by atoms with E-state index in [9.17, 15) is 29.4 Å². The van der Waals surface area contributed by atoms with Gasteiger partial charge in [-0.3, -0.25) is 14.4 Å². The van der Waals surface area contributed by atoms with Crippen molar-refractivity contribution in [1.82, 2.24) is 16.0 Å². The number of phenols is 1. The summed E-state index contributed by atoms with van der Waals surface area (Å²) in [6, 6.07) is 2.31. The van der Waals surface area contributed by atoms with E-state index in [2.05, 4.69) is 16.0 Å². The first-order valence-corrected chi connectivity index (χ1v) is 11.9. The van der Waals surface area contributed by atoms with Crippen molar-refractivity contribution in [1.29, 1.82) is 0 Å². The van der Waals surface area contributed by atoms with E-state index in [0.717, 1.165) is 5.56 Å². The smallest absolute Gasteiger partial charge is 0.326 e. The molecule has 196 valence electrons. The van der Waals surface area contributed by atoms with Crippen LogP contribution in [0.15, 0.2) is 24.3 Å². The molecule has 0 aliphatic rings. The maximum Gasteiger partial charge on any atom is 0.326 e. The van der Waals surface area contributed by atoms with E-state index in [-0.39, 0.29) is 18.1 Å². The Balaban J connectivity index is 2.80. The number of aromatic hydroxyl groups is 1. The second kappa shape index (κ2) is 14.9. The third-order valence-electron chi connectivity index (χ3n) is 5.84. The van der Waals surface area contributed by atoms with Gasteiger partial charge in [0.1, 0.15) is 23.9 Å². The Morgan fingerprint density at radius 1 is 0.943 bits per heavy atom. The molecule has 35 heavy (non-hydrogen) atoms. The minimum absolute atomic E-state index is 0.0976. The van der Waals surface area contributed by atoms with E-state index >= 15 is 0 Å². The average Bonchev–Trinajstić information content (AvgIpc) is 2.82. The van der Waals surface area contributed by atoms with Crippen molar-refractivity contribution in [2.24, 2.45) is 17.4 Å². The summed E-state index contributed by atoms with van der Waals surface area (Å²) in [5.74, 6) is -3.10. The van der Waals surface area contributed by atoms with Gasteiger partial charge < -0.3 is 37.6 Å². The number of hydrogen-bond acceptors (Lipinski definition) is 7. The molecule has 11 nitrogen and oxygen atoms in total. The molecular formula is C24H39N5O6. The summed E-state index contributed by atoms with van der Waals surface area (Å²) in [6.45, 7) is 5.40. The minimum atomic E-state index is -1.15. The van der Waals surface area contributed by atoms with Gasteiger partial charge in [-0.2, -0.15) is 0 Å². The second-order valence-corrected chi connectivity index (χ2v) is 8.76. The predicted molar refractivity (Wildman–Crippen MR) is 131 cm³/mol. The van der Waals surface area contributed by atoms with E-state index < -0.39 is 47.9 Å². The van der Waals surface area contributed by atoms with Crippen molar-refractivity contribution in [3.8, 4) is 5.75 Å². The van der Waals surface area contributed by atoms with Crippen molar-refractivity contribution >= 4 is 23.7 Å². The molecule has 3 amide bonds. The van der Waals surface area contributed by atoms with Gasteiger partial charge in [-0.25, -0.2) is 4.79 Å². The Bertz CT molecular complexity index is 847. The van der Waals surface area contributed by atoms with Gasteiger partial charge >= 0.3 is 5.97 Å². The lowest BCUT2D eigenvalue weighted by Crippen LogP contribution is -2.57. The summed E-state index contributed by atoms with van der Waals surface area (Å²) >= 11 is 0. The van der Waals surface area contributed by atoms with Gasteiger partial charge in [0.2, 0.25) is 17.7 Å². The molecule has 0 aliphatic heterocycles. The van der Waals surface area contributed by atoms with Gasteiger partial charge in [0, 0.05) is 0 Å². The molecule has 1 aromatic rings. The Morgan fingerprint density at radius 2 is 1.57 bits per heavy atom. The summed E-state index contributed by atoms with van der Waals surface area (Å²) in [5.41, 5.74) is 12.3. The Morgan fingerprint density at radius 3 is 2.11 bits per heavy atom. The van der Waals surface area contributed by atoms with Crippen LogP contribution in [0, 0.1) is 5.92 Å². The Hall–Kier alpha value is -3.18. The Kier molecular flexibility index (Phi) is 12.7. The molecule has 0 fully saturated rings. The highest BCUT2D eigenvalue weighted by Gasteiger charge is 2.30. The van der Waals surface area contributed by atoms with Crippen LogP contribution in [0.2, 0.25) is 0 Å². The van der Waals surface area contributed by atoms with Gasteiger partial charge in [0.25, 0.3) is 0 Å². The first-order valence-electron chi connectivity index (χ1n) is 11.9. The highest BCUT2D eigenvalue weighted by atomic mass is 16.4. The van der Waals surface area contributed by atoms with Crippen molar-refractivity contribution in [2.45, 2.75) is 77.0 Å². The zero-order valence-electron chi connectivity index (χ0n) is 20.6. The molecule has 0 aliphatic carbocycles. The minimum Gasteiger partial charge on any atom is -0.508 e. The predicted octanol–water partition coefficient (Wildman–Crippen LogP) is -0.00400. The van der Waals surface area contributed by atoms with Crippen molar-refractivity contribution < 1.29 is 29.4 Å². The largest absolute Gasteiger partial charge is 0.508 e. The molecule has 1 rings (SSSR count). The first kappa shape index (κ1) is 29.9. The van der Waals surface area contributed by atoms with Crippen molar-refractivity contribution in [2.75, 3.05) is 6.54 Å². The lowest BCUT2D eigenvalue weighted by Gasteiger charge is -2.25. The lowest BCUT2D eigenvalue weighted by atomic mass is 9.99. The highest BCUT2D eigenvalue weighted by molar-refractivity contribution is 5.94. The van der Waals surface area contributed by atoms with Crippen LogP contribution in [0.5, 0.6) is 5.75 Å². The fourth-order valence-corrected chi connectivity index (χ4v) is 3.36. The fraction of sp³-hybridized carbons (Fsp3) is 0.583. The molecule has 0 bridgehead atoms. The number of nitrogens with two attached hydrogens (primary N) is 2. The van der Waals surface area contributed by atoms with Gasteiger partial charge in [-0.15, -0.1) is 0 Å². The molecule has 0 radical (unpaired) electrons. The van der Waals surface area contributed by atoms with Gasteiger partial charge in [0.05, 0.1) is 6.04 Å². The number of amides is 3. The van der Waals surface area contributed by atoms with E-state index in [0.29, 0.717) is 32.2 Å². The van der Waals surface area contributed by atoms with Crippen molar-refractivity contribution in [3.63, 3.8) is 0 Å². The maximum absolute atomic E-state index is 12.9. The molecule has 0 aromatic heterocycles. The zero-order chi connectivity index (χ0) is 26.5. The summed E-state index contributed by atoms with van der Waals surface area (Å²) in [6.07, 6.45) is 2.26. The number of carboxylic acids is 1. The molecule has 5 atom stereocenters. The molecule has 0 saturated heterocycles. The Labute approximate surface area is 206 Å². The van der Waals surface area contributed by atoms with Crippen LogP contribution in [0.4, 0.5) is 0 Å². The molecule has 0 saturated carbocycles. The molecule has 0 spiro atoms. The molecule has 1 aromatic carbocycles. The molecule has 5 unspecified atom stereocenters. The third-order valence-corrected chi connectivity index (χ3v) is 5.84. The maximum atomic E-state index is 12.9. The number of benzene rings is 1. The number of phenolic OH excluding ortho intramolecular Hbond substituents is 1. The van der Waals surface area contributed by atoms with Crippen LogP contribution in [0.3, 0.4) is 0 Å². The summed E-state index contributed by atoms with van der Waals surface area (Å²) in [4.78, 5) is 49.6. The monoisotopic (exact) mass is 493 g/mol. The number of carboxylic acid groups (broad SMARTS) is 1. The lowest BCUT2D eigenvalue weighted by molar-refractivity contribution is -0.143. The number of carbonyl (C=O) groups excluding carboxylic acids is 3. The number of unbranched alkanes of at least 4 members (excludes halogenated alkanes) is 1. The van der Waals surface area contributed by atoms with Gasteiger partial charge in [-0.1, -0.05) is 32.4 Å². The first-order chi connectivity index (χ1) is 16.5. The third kappa shape index (κ3) is 10.3. The summed E-state index contributed by atoms with van der Waals surface area (Å²) in [7, 11) is 0. The van der Waals surface area contributed by atoms with E-state index in [1.165, 1.54) is 19.1 Å². The van der Waals surface area contributed by atoms with Crippen LogP contribution in [0.1, 0.15) is 52.0 Å². The number of nitrogens with one attached hydrogen (secondary N) is 3. The van der Waals surface area contributed by atoms with Crippen LogP contribution in [-0.4, -0.2) is 64.6 Å². The van der Waals surface area contributed by atoms with Crippen LogP contribution < -0.4 is 27.4 Å². The SMILES string of the molecule is CCC(C)C(NC(=O)C(C)NC(=O)C(CCCCN)NC(=O)C(N)Cc1ccc(O)cc1)C(=O)O. The quantitative estimate of drug-likeness (QED) is 0.166.